The summed E-state index contributed by atoms with van der Waals surface area (Å²) in [6, 6.07) is 11.0. The number of nitrogens with zero attached hydrogens (tertiary/aromatic N) is 2. The molecule has 1 aliphatic heterocycles. The van der Waals surface area contributed by atoms with E-state index in [0.717, 1.165) is 17.4 Å². The first-order chi connectivity index (χ1) is 15.3. The van der Waals surface area contributed by atoms with E-state index >= 15 is 0 Å². The van der Waals surface area contributed by atoms with Crippen LogP contribution < -0.4 is 10.1 Å². The van der Waals surface area contributed by atoms with Gasteiger partial charge in [0, 0.05) is 12.6 Å². The van der Waals surface area contributed by atoms with Gasteiger partial charge in [0.2, 0.25) is 0 Å². The first-order valence-electron chi connectivity index (χ1n) is 9.50. The van der Waals surface area contributed by atoms with E-state index < -0.39 is 47.5 Å². The summed E-state index contributed by atoms with van der Waals surface area (Å²) >= 11 is 0. The Morgan fingerprint density at radius 2 is 1.81 bits per heavy atom. The molecule has 32 heavy (non-hydrogen) atoms. The Balaban J connectivity index is 1.47. The van der Waals surface area contributed by atoms with Crippen LogP contribution in [0.3, 0.4) is 0 Å². The second-order valence-electron chi connectivity index (χ2n) is 6.76. The Morgan fingerprint density at radius 1 is 1.09 bits per heavy atom. The molecule has 11 heteroatoms. The van der Waals surface area contributed by atoms with Crippen LogP contribution in [-0.4, -0.2) is 60.3 Å². The monoisotopic (exact) mass is 441 g/mol. The summed E-state index contributed by atoms with van der Waals surface area (Å²) < 4.78 is 9.89. The summed E-state index contributed by atoms with van der Waals surface area (Å²) in [4.78, 5) is 59.6. The van der Waals surface area contributed by atoms with E-state index in [2.05, 4.69) is 5.32 Å². The van der Waals surface area contributed by atoms with Gasteiger partial charge in [-0.25, -0.2) is 0 Å². The predicted molar refractivity (Wildman–Crippen MR) is 109 cm³/mol. The van der Waals surface area contributed by atoms with E-state index in [1.54, 1.807) is 19.2 Å². The molecule has 11 nitrogen and oxygen atoms in total. The normalized spacial score (nSPS) is 12.3. The second kappa shape index (κ2) is 9.69. The van der Waals surface area contributed by atoms with E-state index in [-0.39, 0.29) is 11.1 Å². The van der Waals surface area contributed by atoms with Gasteiger partial charge in [-0.05, 0) is 30.2 Å². The van der Waals surface area contributed by atoms with E-state index in [1.165, 1.54) is 12.1 Å². The van der Waals surface area contributed by atoms with Crippen LogP contribution in [0.5, 0.6) is 5.75 Å². The van der Waals surface area contributed by atoms with Gasteiger partial charge in [0.25, 0.3) is 23.4 Å². The van der Waals surface area contributed by atoms with Gasteiger partial charge >= 0.3 is 5.97 Å². The van der Waals surface area contributed by atoms with Gasteiger partial charge in [0.05, 0.1) is 17.6 Å². The van der Waals surface area contributed by atoms with Gasteiger partial charge < -0.3 is 14.8 Å². The van der Waals surface area contributed by atoms with E-state index in [9.17, 15) is 29.3 Å². The smallest absolute Gasteiger partial charge is 0.326 e. The number of hydrogen-bond acceptors (Lipinski definition) is 8. The molecule has 1 N–H and O–H groups in total. The van der Waals surface area contributed by atoms with Crippen LogP contribution in [0.1, 0.15) is 26.3 Å². The number of hydrogen-bond donors (Lipinski definition) is 1. The summed E-state index contributed by atoms with van der Waals surface area (Å²) in [5.74, 6) is -2.62. The van der Waals surface area contributed by atoms with Crippen LogP contribution >= 0.6 is 0 Å². The molecule has 0 fully saturated rings. The number of benzene rings is 2. The van der Waals surface area contributed by atoms with Crippen molar-refractivity contribution in [2.24, 2.45) is 0 Å². The molecule has 2 aromatic carbocycles. The number of carbonyl (C=O) groups excluding carboxylic acids is 4. The van der Waals surface area contributed by atoms with Crippen LogP contribution in [0.4, 0.5) is 5.69 Å². The van der Waals surface area contributed by atoms with Crippen molar-refractivity contribution in [2.75, 3.05) is 26.8 Å². The molecule has 0 saturated carbocycles. The number of nitro benzene ring substituents is 1. The molecule has 3 amide bonds. The Labute approximate surface area is 182 Å². The van der Waals surface area contributed by atoms with Crippen molar-refractivity contribution in [1.29, 1.82) is 0 Å². The molecule has 0 aliphatic carbocycles. The van der Waals surface area contributed by atoms with Crippen LogP contribution in [0.25, 0.3) is 0 Å². The summed E-state index contributed by atoms with van der Waals surface area (Å²) in [6.07, 6.45) is 0.553. The molecule has 0 bridgehead atoms. The van der Waals surface area contributed by atoms with Crippen molar-refractivity contribution in [2.45, 2.75) is 6.42 Å². The number of methoxy groups -OCH3 is 1. The zero-order valence-corrected chi connectivity index (χ0v) is 17.0. The molecule has 0 atom stereocenters. The summed E-state index contributed by atoms with van der Waals surface area (Å²) in [5, 5.41) is 13.7. The maximum absolute atomic E-state index is 12.4. The Bertz CT molecular complexity index is 1080. The Morgan fingerprint density at radius 3 is 2.47 bits per heavy atom. The minimum absolute atomic E-state index is 0.159. The number of nitrogens with one attached hydrogen (secondary N) is 1. The van der Waals surface area contributed by atoms with Crippen molar-refractivity contribution in [3.8, 4) is 5.75 Å². The van der Waals surface area contributed by atoms with Gasteiger partial charge in [-0.3, -0.25) is 34.2 Å². The lowest BCUT2D eigenvalue weighted by Gasteiger charge is -2.13. The lowest BCUT2D eigenvalue weighted by Crippen LogP contribution is -2.37. The molecule has 0 unspecified atom stereocenters. The maximum atomic E-state index is 12.4. The van der Waals surface area contributed by atoms with E-state index in [0.29, 0.717) is 17.9 Å². The minimum atomic E-state index is -0.993. The highest BCUT2D eigenvalue weighted by molar-refractivity contribution is 6.24. The SMILES string of the molecule is COc1ccc(CCNC(=O)COC(=O)CN2C(=O)c3cccc([N+](=O)[O-])c3C2=O)cc1. The van der Waals surface area contributed by atoms with Gasteiger partial charge in [-0.1, -0.05) is 18.2 Å². The average molecular weight is 441 g/mol. The highest BCUT2D eigenvalue weighted by atomic mass is 16.6. The third kappa shape index (κ3) is 4.89. The quantitative estimate of drug-likeness (QED) is 0.264. The minimum Gasteiger partial charge on any atom is -0.497 e. The molecular weight excluding hydrogens is 422 g/mol. The first-order valence-corrected chi connectivity index (χ1v) is 9.50. The zero-order valence-electron chi connectivity index (χ0n) is 17.0. The fraction of sp³-hybridized carbons (Fsp3) is 0.238. The van der Waals surface area contributed by atoms with E-state index in [1.807, 2.05) is 12.1 Å². The topological polar surface area (TPSA) is 145 Å². The van der Waals surface area contributed by atoms with Crippen molar-refractivity contribution in [3.05, 3.63) is 69.3 Å². The Kier molecular flexibility index (Phi) is 6.78. The molecule has 0 radical (unpaired) electrons. The fourth-order valence-corrected chi connectivity index (χ4v) is 3.12. The van der Waals surface area contributed by atoms with Gasteiger partial charge in [0.15, 0.2) is 6.61 Å². The van der Waals surface area contributed by atoms with Crippen molar-refractivity contribution in [1.82, 2.24) is 10.2 Å². The predicted octanol–water partition coefficient (Wildman–Crippen LogP) is 1.10. The second-order valence-corrected chi connectivity index (χ2v) is 6.76. The third-order valence-electron chi connectivity index (χ3n) is 4.72. The number of nitro groups is 1. The standard InChI is InChI=1S/C21H19N3O8/c1-31-14-7-5-13(6-8-14)9-10-22-17(25)12-32-18(26)11-23-20(27)15-3-2-4-16(24(29)30)19(15)21(23)28/h2-8H,9-12H2,1H3,(H,22,25). The molecule has 1 aliphatic rings. The fourth-order valence-electron chi connectivity index (χ4n) is 3.12. The summed E-state index contributed by atoms with van der Waals surface area (Å²) in [7, 11) is 1.56. The van der Waals surface area contributed by atoms with Crippen LogP contribution in [0, 0.1) is 10.1 Å². The third-order valence-corrected chi connectivity index (χ3v) is 4.72. The molecule has 3 rings (SSSR count). The van der Waals surface area contributed by atoms with Gasteiger partial charge in [-0.15, -0.1) is 0 Å². The number of amides is 3. The molecule has 0 saturated heterocycles. The van der Waals surface area contributed by atoms with E-state index in [4.69, 9.17) is 9.47 Å². The number of carbonyl (C=O) groups is 4. The number of imide groups is 1. The van der Waals surface area contributed by atoms with Crippen LogP contribution in [-0.2, 0) is 20.7 Å². The largest absolute Gasteiger partial charge is 0.497 e. The first kappa shape index (κ1) is 22.4. The Hall–Kier alpha value is -4.28. The number of ether oxygens (including phenoxy) is 2. The maximum Gasteiger partial charge on any atom is 0.326 e. The lowest BCUT2D eigenvalue weighted by atomic mass is 10.1. The number of esters is 1. The molecule has 2 aromatic rings. The summed E-state index contributed by atoms with van der Waals surface area (Å²) in [5.41, 5.74) is -0.0735. The van der Waals surface area contributed by atoms with Gasteiger partial charge in [0.1, 0.15) is 17.9 Å². The number of rotatable bonds is 9. The summed E-state index contributed by atoms with van der Waals surface area (Å²) in [6.45, 7) is -1.04. The molecule has 0 spiro atoms. The zero-order chi connectivity index (χ0) is 23.3. The average Bonchev–Trinajstić information content (AvgIpc) is 3.03. The van der Waals surface area contributed by atoms with Crippen molar-refractivity contribution >= 4 is 29.4 Å². The molecule has 166 valence electrons. The highest BCUT2D eigenvalue weighted by Crippen LogP contribution is 2.30. The highest BCUT2D eigenvalue weighted by Gasteiger charge is 2.41. The van der Waals surface area contributed by atoms with Crippen molar-refractivity contribution < 1.29 is 33.6 Å². The molecule has 1 heterocycles. The number of fused-ring (bicyclic) bond motifs is 1. The van der Waals surface area contributed by atoms with Gasteiger partial charge in [-0.2, -0.15) is 0 Å². The van der Waals surface area contributed by atoms with Crippen molar-refractivity contribution in [3.63, 3.8) is 0 Å². The molecular formula is C21H19N3O8. The lowest BCUT2D eigenvalue weighted by molar-refractivity contribution is -0.385. The van der Waals surface area contributed by atoms with Crippen LogP contribution in [0.15, 0.2) is 42.5 Å². The van der Waals surface area contributed by atoms with Crippen LogP contribution in [0.2, 0.25) is 0 Å². The molecule has 0 aromatic heterocycles.